The summed E-state index contributed by atoms with van der Waals surface area (Å²) in [6.07, 6.45) is 1.49. The topological polar surface area (TPSA) is 70.1 Å². The molecule has 198 valence electrons. The first kappa shape index (κ1) is 27.1. The van der Waals surface area contributed by atoms with E-state index in [0.29, 0.717) is 36.7 Å². The molecule has 4 atom stereocenters. The van der Waals surface area contributed by atoms with Gasteiger partial charge in [-0.05, 0) is 42.4 Å². The third-order valence-corrected chi connectivity index (χ3v) is 7.11. The van der Waals surface area contributed by atoms with Gasteiger partial charge >= 0.3 is 0 Å². The van der Waals surface area contributed by atoms with Crippen molar-refractivity contribution >= 4 is 5.78 Å². The van der Waals surface area contributed by atoms with Crippen molar-refractivity contribution in [2.75, 3.05) is 13.2 Å². The lowest BCUT2D eigenvalue weighted by molar-refractivity contribution is -0.134. The van der Waals surface area contributed by atoms with Crippen molar-refractivity contribution in [1.29, 1.82) is 0 Å². The van der Waals surface area contributed by atoms with E-state index < -0.39 is 29.5 Å². The van der Waals surface area contributed by atoms with Crippen molar-refractivity contribution < 1.29 is 18.3 Å². The van der Waals surface area contributed by atoms with Crippen LogP contribution in [0.4, 0.5) is 8.78 Å². The Morgan fingerprint density at radius 1 is 1.19 bits per heavy atom. The fourth-order valence-corrected chi connectivity index (χ4v) is 5.37. The number of aromatic nitrogens is 2. The largest absolute Gasteiger partial charge is 0.370 e. The van der Waals surface area contributed by atoms with Crippen molar-refractivity contribution in [3.63, 3.8) is 0 Å². The zero-order chi connectivity index (χ0) is 26.6. The number of ether oxygens (including phenoxy) is 1. The summed E-state index contributed by atoms with van der Waals surface area (Å²) in [7, 11) is 0. The molecule has 2 N–H and O–H groups in total. The van der Waals surface area contributed by atoms with Crippen LogP contribution in [-0.4, -0.2) is 40.8 Å². The van der Waals surface area contributed by atoms with Crippen LogP contribution < -0.4 is 5.73 Å². The van der Waals surface area contributed by atoms with Gasteiger partial charge in [-0.25, -0.2) is 13.8 Å². The van der Waals surface area contributed by atoms with E-state index in [0.717, 1.165) is 12.0 Å². The van der Waals surface area contributed by atoms with E-state index >= 15 is 0 Å². The monoisotopic (exact) mass is 509 g/mol. The van der Waals surface area contributed by atoms with Gasteiger partial charge in [0.1, 0.15) is 23.9 Å². The molecule has 5 nitrogen and oxygen atoms in total. The molecule has 0 amide bonds. The average Bonchev–Trinajstić information content (AvgIpc) is 3.54. The van der Waals surface area contributed by atoms with Crippen LogP contribution in [0.3, 0.4) is 0 Å². The summed E-state index contributed by atoms with van der Waals surface area (Å²) in [5.74, 6) is -0.844. The SMILES string of the molecule is CC(C)(C)C(c1nc(-c2cccc(F)c2)cn1Cc1ccccc1)[C@@H](C[C@H](F)CN)C(=O)[C@@H]1CCCO1. The van der Waals surface area contributed by atoms with Crippen molar-refractivity contribution in [2.24, 2.45) is 17.1 Å². The first-order valence-electron chi connectivity index (χ1n) is 13.0. The minimum atomic E-state index is -1.32. The third kappa shape index (κ3) is 6.51. The summed E-state index contributed by atoms with van der Waals surface area (Å²) in [6, 6.07) is 16.3. The van der Waals surface area contributed by atoms with Crippen LogP contribution >= 0.6 is 0 Å². The Hall–Kier alpha value is -2.90. The lowest BCUT2D eigenvalue weighted by Crippen LogP contribution is -2.40. The number of nitrogens with two attached hydrogens (primary N) is 1. The molecule has 1 saturated heterocycles. The number of benzene rings is 2. The van der Waals surface area contributed by atoms with Crippen LogP contribution in [0, 0.1) is 17.2 Å². The second-order valence-corrected chi connectivity index (χ2v) is 11.0. The number of carbonyl (C=O) groups excluding carboxylic acids is 1. The van der Waals surface area contributed by atoms with Gasteiger partial charge in [-0.1, -0.05) is 63.2 Å². The molecule has 37 heavy (non-hydrogen) atoms. The normalized spacial score (nSPS) is 18.5. The molecule has 1 unspecified atom stereocenters. The molecule has 0 spiro atoms. The average molecular weight is 510 g/mol. The first-order valence-corrected chi connectivity index (χ1v) is 13.0. The Balaban J connectivity index is 1.85. The van der Waals surface area contributed by atoms with Crippen molar-refractivity contribution in [1.82, 2.24) is 9.55 Å². The molecule has 1 aliphatic heterocycles. The summed E-state index contributed by atoms with van der Waals surface area (Å²) in [5, 5.41) is 0. The van der Waals surface area contributed by atoms with Gasteiger partial charge in [0.2, 0.25) is 0 Å². The maximum absolute atomic E-state index is 14.9. The number of ketones is 1. The number of imidazole rings is 1. The molecule has 1 fully saturated rings. The molecule has 1 aromatic heterocycles. The van der Waals surface area contributed by atoms with Crippen LogP contribution in [0.15, 0.2) is 60.8 Å². The van der Waals surface area contributed by atoms with Gasteiger partial charge in [-0.3, -0.25) is 4.79 Å². The summed E-state index contributed by atoms with van der Waals surface area (Å²) >= 11 is 0. The molecule has 1 aliphatic rings. The van der Waals surface area contributed by atoms with Gasteiger partial charge < -0.3 is 15.0 Å². The van der Waals surface area contributed by atoms with E-state index in [2.05, 4.69) is 0 Å². The van der Waals surface area contributed by atoms with E-state index in [4.69, 9.17) is 15.5 Å². The molecule has 0 radical (unpaired) electrons. The highest BCUT2D eigenvalue weighted by molar-refractivity contribution is 5.86. The second kappa shape index (κ2) is 11.7. The van der Waals surface area contributed by atoms with Crippen LogP contribution in [-0.2, 0) is 16.1 Å². The molecule has 3 aromatic rings. The summed E-state index contributed by atoms with van der Waals surface area (Å²) < 4.78 is 36.7. The quantitative estimate of drug-likeness (QED) is 0.368. The number of alkyl halides is 1. The number of rotatable bonds is 10. The predicted octanol–water partition coefficient (Wildman–Crippen LogP) is 5.92. The second-order valence-electron chi connectivity index (χ2n) is 11.0. The van der Waals surface area contributed by atoms with Gasteiger partial charge in [0, 0.05) is 43.3 Å². The molecule has 2 heterocycles. The molecule has 0 bridgehead atoms. The van der Waals surface area contributed by atoms with Crippen LogP contribution in [0.5, 0.6) is 0 Å². The standard InChI is InChI=1S/C30H37F2N3O2/c1-30(2,3)27(24(16-23(32)17-33)28(36)26-13-8-14-37-26)29-34-25(21-11-7-12-22(31)15-21)19-35(29)18-20-9-5-4-6-10-20/h4-7,9-12,15,19,23-24,26-27H,8,13-14,16-18,33H2,1-3H3/t23-,24+,26-,27?/m0/s1. The van der Waals surface area contributed by atoms with E-state index in [-0.39, 0.29) is 24.6 Å². The maximum atomic E-state index is 14.9. The Bertz CT molecular complexity index is 1180. The van der Waals surface area contributed by atoms with Crippen LogP contribution in [0.1, 0.15) is 57.3 Å². The highest BCUT2D eigenvalue weighted by Gasteiger charge is 2.44. The van der Waals surface area contributed by atoms with E-state index in [1.165, 1.54) is 12.1 Å². The van der Waals surface area contributed by atoms with E-state index in [1.54, 1.807) is 6.07 Å². The number of hydrogen-bond donors (Lipinski definition) is 1. The van der Waals surface area contributed by atoms with Gasteiger partial charge in [0.05, 0.1) is 5.69 Å². The Morgan fingerprint density at radius 2 is 1.95 bits per heavy atom. The number of hydrogen-bond acceptors (Lipinski definition) is 4. The smallest absolute Gasteiger partial charge is 0.165 e. The molecule has 4 rings (SSSR count). The van der Waals surface area contributed by atoms with Crippen molar-refractivity contribution in [3.05, 3.63) is 78.0 Å². The maximum Gasteiger partial charge on any atom is 0.165 e. The molecular weight excluding hydrogens is 472 g/mol. The summed E-state index contributed by atoms with van der Waals surface area (Å²) in [6.45, 7) is 7.04. The number of nitrogens with zero attached hydrogens (tertiary/aromatic N) is 2. The minimum Gasteiger partial charge on any atom is -0.370 e. The van der Waals surface area contributed by atoms with Gasteiger partial charge in [-0.15, -0.1) is 0 Å². The van der Waals surface area contributed by atoms with E-state index in [1.807, 2.05) is 67.9 Å². The summed E-state index contributed by atoms with van der Waals surface area (Å²) in [4.78, 5) is 18.8. The Morgan fingerprint density at radius 3 is 2.57 bits per heavy atom. The zero-order valence-electron chi connectivity index (χ0n) is 21.9. The minimum absolute atomic E-state index is 0.00459. The first-order chi connectivity index (χ1) is 17.7. The van der Waals surface area contributed by atoms with Crippen molar-refractivity contribution in [3.8, 4) is 11.3 Å². The van der Waals surface area contributed by atoms with E-state index in [9.17, 15) is 13.6 Å². The van der Waals surface area contributed by atoms with Gasteiger partial charge in [0.15, 0.2) is 5.78 Å². The highest BCUT2D eigenvalue weighted by atomic mass is 19.1. The van der Waals surface area contributed by atoms with Gasteiger partial charge in [-0.2, -0.15) is 0 Å². The molecular formula is C30H37F2N3O2. The van der Waals surface area contributed by atoms with Crippen molar-refractivity contribution in [2.45, 2.75) is 64.8 Å². The fraction of sp³-hybridized carbons (Fsp3) is 0.467. The van der Waals surface area contributed by atoms with Gasteiger partial charge in [0.25, 0.3) is 0 Å². The molecule has 7 heteroatoms. The third-order valence-electron chi connectivity index (χ3n) is 7.11. The predicted molar refractivity (Wildman–Crippen MR) is 141 cm³/mol. The Labute approximate surface area is 218 Å². The zero-order valence-corrected chi connectivity index (χ0v) is 21.9. The number of carbonyl (C=O) groups is 1. The number of halogens is 2. The summed E-state index contributed by atoms with van der Waals surface area (Å²) in [5.41, 5.74) is 7.55. The number of Topliss-reactive ketones (excluding diaryl/α,β-unsaturated/α-hetero) is 1. The lowest BCUT2D eigenvalue weighted by atomic mass is 9.68. The van der Waals surface area contributed by atoms with Crippen LogP contribution in [0.2, 0.25) is 0 Å². The van der Waals surface area contributed by atoms with Crippen LogP contribution in [0.25, 0.3) is 11.3 Å². The Kier molecular flexibility index (Phi) is 8.55. The lowest BCUT2D eigenvalue weighted by Gasteiger charge is -2.37. The molecule has 0 saturated carbocycles. The molecule has 2 aromatic carbocycles. The highest BCUT2D eigenvalue weighted by Crippen LogP contribution is 2.45. The fourth-order valence-electron chi connectivity index (χ4n) is 5.37. The molecule has 0 aliphatic carbocycles.